The van der Waals surface area contributed by atoms with Gasteiger partial charge in [0.25, 0.3) is 5.91 Å². The summed E-state index contributed by atoms with van der Waals surface area (Å²) in [6.07, 6.45) is 1.67. The second-order valence-electron chi connectivity index (χ2n) is 7.77. The Kier molecular flexibility index (Phi) is 5.62. The summed E-state index contributed by atoms with van der Waals surface area (Å²) in [5, 5.41) is 6.83. The Labute approximate surface area is 185 Å². The lowest BCUT2D eigenvalue weighted by atomic mass is 9.93. The number of hydrogen-bond donors (Lipinski definition) is 1. The molecule has 1 fully saturated rings. The van der Waals surface area contributed by atoms with E-state index in [9.17, 15) is 18.0 Å². The zero-order valence-corrected chi connectivity index (χ0v) is 17.4. The molecule has 3 aromatic rings. The summed E-state index contributed by atoms with van der Waals surface area (Å²) in [5.41, 5.74) is -0.0368. The molecule has 1 atom stereocenters. The zero-order valence-electron chi connectivity index (χ0n) is 17.4. The van der Waals surface area contributed by atoms with Crippen LogP contribution in [-0.2, 0) is 41.6 Å². The van der Waals surface area contributed by atoms with Crippen LogP contribution in [0.4, 0.5) is 13.2 Å². The Hall–Kier alpha value is -3.25. The molecule has 9 nitrogen and oxygen atoms in total. The van der Waals surface area contributed by atoms with E-state index in [1.165, 1.54) is 18.6 Å². The van der Waals surface area contributed by atoms with Gasteiger partial charge < -0.3 is 19.2 Å². The Morgan fingerprint density at radius 3 is 2.85 bits per heavy atom. The third-order valence-corrected chi connectivity index (χ3v) is 5.49. The van der Waals surface area contributed by atoms with Gasteiger partial charge in [0.05, 0.1) is 56.1 Å². The highest BCUT2D eigenvalue weighted by molar-refractivity contribution is 5.96. The van der Waals surface area contributed by atoms with Crippen molar-refractivity contribution in [2.75, 3.05) is 19.8 Å². The minimum atomic E-state index is -4.81. The number of aromatic nitrogens is 4. The van der Waals surface area contributed by atoms with Gasteiger partial charge in [-0.25, -0.2) is 0 Å². The van der Waals surface area contributed by atoms with E-state index < -0.39 is 23.4 Å². The Bertz CT molecular complexity index is 1150. The number of amides is 1. The molecule has 33 heavy (non-hydrogen) atoms. The minimum Gasteiger partial charge on any atom is -0.455 e. The van der Waals surface area contributed by atoms with Crippen molar-refractivity contribution in [3.8, 4) is 11.3 Å². The van der Waals surface area contributed by atoms with Crippen LogP contribution in [0.3, 0.4) is 0 Å². The van der Waals surface area contributed by atoms with Crippen LogP contribution in [0.1, 0.15) is 33.1 Å². The molecule has 1 aliphatic carbocycles. The second-order valence-corrected chi connectivity index (χ2v) is 7.77. The maximum atomic E-state index is 14.1. The van der Waals surface area contributed by atoms with Gasteiger partial charge in [0.15, 0.2) is 0 Å². The Balaban J connectivity index is 1.46. The van der Waals surface area contributed by atoms with Crippen LogP contribution in [0.15, 0.2) is 29.2 Å². The zero-order chi connectivity index (χ0) is 23.0. The SMILES string of the molecule is O=C(NCc1cnccn1)c1oc2c(c1C(F)(F)F)-c1nn(C[C@H]3COCCO3)cc1CC2. The van der Waals surface area contributed by atoms with Crippen LogP contribution >= 0.6 is 0 Å². The lowest BCUT2D eigenvalue weighted by Gasteiger charge is -2.22. The van der Waals surface area contributed by atoms with Crippen molar-refractivity contribution >= 4 is 5.91 Å². The van der Waals surface area contributed by atoms with E-state index in [0.717, 1.165) is 0 Å². The van der Waals surface area contributed by atoms with Gasteiger partial charge in [0.2, 0.25) is 5.76 Å². The highest BCUT2D eigenvalue weighted by Gasteiger charge is 2.45. The first-order valence-electron chi connectivity index (χ1n) is 10.4. The van der Waals surface area contributed by atoms with Gasteiger partial charge in [-0.2, -0.15) is 18.3 Å². The molecule has 2 aliphatic rings. The first kappa shape index (κ1) is 21.6. The van der Waals surface area contributed by atoms with Crippen LogP contribution in [0.5, 0.6) is 0 Å². The van der Waals surface area contributed by atoms with Gasteiger partial charge in [-0.1, -0.05) is 0 Å². The average molecular weight is 463 g/mol. The molecular formula is C21H20F3N5O4. The fourth-order valence-electron chi connectivity index (χ4n) is 4.06. The van der Waals surface area contributed by atoms with E-state index in [4.69, 9.17) is 13.9 Å². The third kappa shape index (κ3) is 4.35. The lowest BCUT2D eigenvalue weighted by Crippen LogP contribution is -2.32. The van der Waals surface area contributed by atoms with E-state index in [1.807, 2.05) is 0 Å². The Morgan fingerprint density at radius 2 is 2.12 bits per heavy atom. The lowest BCUT2D eigenvalue weighted by molar-refractivity contribution is -0.137. The topological polar surface area (TPSA) is 104 Å². The van der Waals surface area contributed by atoms with Crippen LogP contribution in [0, 0.1) is 0 Å². The largest absolute Gasteiger partial charge is 0.455 e. The number of carbonyl (C=O) groups excluding carboxylic acids is 1. The smallest absolute Gasteiger partial charge is 0.420 e. The highest BCUT2D eigenvalue weighted by Crippen LogP contribution is 2.46. The van der Waals surface area contributed by atoms with Crippen LogP contribution in [0.2, 0.25) is 0 Å². The number of halogens is 3. The predicted molar refractivity (Wildman–Crippen MR) is 106 cm³/mol. The minimum absolute atomic E-state index is 0.0846. The van der Waals surface area contributed by atoms with Crippen molar-refractivity contribution < 1.29 is 31.9 Å². The molecule has 1 N–H and O–H groups in total. The maximum absolute atomic E-state index is 14.1. The standard InChI is InChI=1S/C21H20F3N5O4/c22-21(23,24)17-16-15(33-19(17)20(30)27-8-13-7-25-3-4-26-13)2-1-12-9-29(28-18(12)16)10-14-11-31-5-6-32-14/h3-4,7,9,14H,1-2,5-6,8,10-11H2,(H,27,30)/t14-/m0/s1. The number of hydrogen-bond acceptors (Lipinski definition) is 7. The summed E-state index contributed by atoms with van der Waals surface area (Å²) in [6.45, 7) is 1.64. The van der Waals surface area contributed by atoms with Crippen LogP contribution in [0.25, 0.3) is 11.3 Å². The van der Waals surface area contributed by atoms with Crippen molar-refractivity contribution in [2.45, 2.75) is 38.2 Å². The molecule has 1 saturated heterocycles. The molecule has 0 saturated carbocycles. The van der Waals surface area contributed by atoms with Crippen molar-refractivity contribution in [2.24, 2.45) is 0 Å². The van der Waals surface area contributed by atoms with Crippen molar-refractivity contribution in [3.05, 3.63) is 53.1 Å². The number of alkyl halides is 3. The monoisotopic (exact) mass is 463 g/mol. The quantitative estimate of drug-likeness (QED) is 0.620. The summed E-state index contributed by atoms with van der Waals surface area (Å²) < 4.78 is 60.4. The molecule has 12 heteroatoms. The number of ether oxygens (including phenoxy) is 2. The van der Waals surface area contributed by atoms with Gasteiger partial charge in [0, 0.05) is 25.0 Å². The number of nitrogens with one attached hydrogen (secondary N) is 1. The molecule has 0 radical (unpaired) electrons. The summed E-state index contributed by atoms with van der Waals surface area (Å²) in [7, 11) is 0. The number of rotatable bonds is 5. The summed E-state index contributed by atoms with van der Waals surface area (Å²) in [5.74, 6) is -1.65. The van der Waals surface area contributed by atoms with E-state index in [1.54, 1.807) is 10.9 Å². The average Bonchev–Trinajstić information content (AvgIpc) is 3.39. The van der Waals surface area contributed by atoms with Crippen molar-refractivity contribution in [1.29, 1.82) is 0 Å². The van der Waals surface area contributed by atoms with Gasteiger partial charge in [0.1, 0.15) is 17.4 Å². The van der Waals surface area contributed by atoms with E-state index in [0.29, 0.717) is 44.0 Å². The van der Waals surface area contributed by atoms with Crippen LogP contribution in [-0.4, -0.2) is 51.6 Å². The van der Waals surface area contributed by atoms with E-state index in [-0.39, 0.29) is 36.1 Å². The van der Waals surface area contributed by atoms with E-state index >= 15 is 0 Å². The number of aryl methyl sites for hydroxylation is 2. The van der Waals surface area contributed by atoms with E-state index in [2.05, 4.69) is 20.4 Å². The second kappa shape index (κ2) is 8.60. The summed E-state index contributed by atoms with van der Waals surface area (Å²) in [4.78, 5) is 20.5. The molecule has 4 heterocycles. The number of fused-ring (bicyclic) bond motifs is 3. The third-order valence-electron chi connectivity index (χ3n) is 5.49. The normalized spacial score (nSPS) is 18.0. The van der Waals surface area contributed by atoms with Crippen molar-refractivity contribution in [1.82, 2.24) is 25.1 Å². The molecule has 5 rings (SSSR count). The van der Waals surface area contributed by atoms with Gasteiger partial charge in [-0.05, 0) is 12.0 Å². The number of furan rings is 1. The van der Waals surface area contributed by atoms with Gasteiger partial charge in [-0.15, -0.1) is 0 Å². The molecule has 174 valence electrons. The Morgan fingerprint density at radius 1 is 1.24 bits per heavy atom. The highest BCUT2D eigenvalue weighted by atomic mass is 19.4. The molecular weight excluding hydrogens is 443 g/mol. The molecule has 3 aromatic heterocycles. The molecule has 1 aliphatic heterocycles. The number of nitrogens with zero attached hydrogens (tertiary/aromatic N) is 4. The fourth-order valence-corrected chi connectivity index (χ4v) is 4.06. The number of carbonyl (C=O) groups is 1. The van der Waals surface area contributed by atoms with Crippen LogP contribution < -0.4 is 5.32 Å². The molecule has 0 unspecified atom stereocenters. The first-order chi connectivity index (χ1) is 15.9. The molecule has 1 amide bonds. The fraction of sp³-hybridized carbons (Fsp3) is 0.429. The van der Waals surface area contributed by atoms with Crippen molar-refractivity contribution in [3.63, 3.8) is 0 Å². The summed E-state index contributed by atoms with van der Waals surface area (Å²) in [6, 6.07) is 0. The maximum Gasteiger partial charge on any atom is 0.420 e. The first-order valence-corrected chi connectivity index (χ1v) is 10.4. The molecule has 0 aromatic carbocycles. The molecule has 0 spiro atoms. The predicted octanol–water partition coefficient (Wildman–Crippen LogP) is 2.40. The summed E-state index contributed by atoms with van der Waals surface area (Å²) >= 11 is 0. The molecule has 0 bridgehead atoms. The van der Waals surface area contributed by atoms with Gasteiger partial charge >= 0.3 is 6.18 Å². The van der Waals surface area contributed by atoms with Gasteiger partial charge in [-0.3, -0.25) is 19.4 Å².